The summed E-state index contributed by atoms with van der Waals surface area (Å²) in [6.45, 7) is 6.16. The summed E-state index contributed by atoms with van der Waals surface area (Å²) in [5, 5.41) is 15.3. The lowest BCUT2D eigenvalue weighted by atomic mass is 9.86. The number of hydrogen-bond acceptors (Lipinski definition) is 8. The average Bonchev–Trinajstić information content (AvgIpc) is 3.65. The van der Waals surface area contributed by atoms with Crippen molar-refractivity contribution in [2.75, 3.05) is 13.1 Å². The predicted octanol–water partition coefficient (Wildman–Crippen LogP) is 4.93. The van der Waals surface area contributed by atoms with E-state index in [0.29, 0.717) is 46.0 Å². The van der Waals surface area contributed by atoms with Crippen molar-refractivity contribution in [3.63, 3.8) is 0 Å². The Hall–Kier alpha value is -3.40. The van der Waals surface area contributed by atoms with Gasteiger partial charge in [0.1, 0.15) is 27.7 Å². The number of hydrogen-bond donors (Lipinski definition) is 2. The molecule has 0 bridgehead atoms. The number of carbonyl (C=O) groups excluding carboxylic acids is 1. The summed E-state index contributed by atoms with van der Waals surface area (Å²) in [6, 6.07) is 10.1. The summed E-state index contributed by atoms with van der Waals surface area (Å²) >= 11 is 0.884. The van der Waals surface area contributed by atoms with Gasteiger partial charge >= 0.3 is 6.18 Å². The number of alkyl halides is 3. The van der Waals surface area contributed by atoms with Crippen LogP contribution >= 0.6 is 11.8 Å². The number of fused-ring (bicyclic) bond motifs is 1. The summed E-state index contributed by atoms with van der Waals surface area (Å²) < 4.78 is 75.6. The van der Waals surface area contributed by atoms with Crippen molar-refractivity contribution >= 4 is 32.6 Å². The van der Waals surface area contributed by atoms with Crippen LogP contribution in [0.5, 0.6) is 5.75 Å². The second-order valence-electron chi connectivity index (χ2n) is 11.8. The molecule has 1 aromatic carbocycles. The third-order valence-corrected chi connectivity index (χ3v) is 11.6. The van der Waals surface area contributed by atoms with E-state index in [-0.39, 0.29) is 18.0 Å². The molecular formula is C31H36F3N5O5S2. The fourth-order valence-corrected chi connectivity index (χ4v) is 8.51. The molecule has 2 N–H and O–H groups in total. The van der Waals surface area contributed by atoms with E-state index in [1.54, 1.807) is 49.2 Å². The molecule has 0 saturated heterocycles. The quantitative estimate of drug-likeness (QED) is 0.309. The van der Waals surface area contributed by atoms with E-state index >= 15 is 0 Å². The minimum atomic E-state index is -4.61. The first-order valence-electron chi connectivity index (χ1n) is 14.8. The smallest absolute Gasteiger partial charge is 0.433 e. The largest absolute Gasteiger partial charge is 0.485 e. The molecule has 5 rings (SSSR count). The molecule has 2 aliphatic rings. The number of halogens is 3. The highest BCUT2D eigenvalue weighted by Crippen LogP contribution is 2.45. The first kappa shape index (κ1) is 33.9. The molecule has 0 saturated carbocycles. The van der Waals surface area contributed by atoms with Crippen LogP contribution in [0.25, 0.3) is 4.91 Å². The predicted molar refractivity (Wildman–Crippen MR) is 168 cm³/mol. The highest BCUT2D eigenvalue weighted by Gasteiger charge is 2.46. The summed E-state index contributed by atoms with van der Waals surface area (Å²) in [5.41, 5.74) is -0.644. The zero-order chi connectivity index (χ0) is 33.4. The van der Waals surface area contributed by atoms with Crippen molar-refractivity contribution in [1.29, 1.82) is 0 Å². The van der Waals surface area contributed by atoms with Gasteiger partial charge < -0.3 is 14.7 Å². The van der Waals surface area contributed by atoms with Gasteiger partial charge in [-0.25, -0.2) is 13.1 Å². The number of aliphatic hydroxyl groups excluding tert-OH is 1. The second-order valence-corrected chi connectivity index (χ2v) is 15.2. The van der Waals surface area contributed by atoms with Crippen molar-refractivity contribution in [2.45, 2.75) is 68.5 Å². The van der Waals surface area contributed by atoms with Crippen molar-refractivity contribution in [3.05, 3.63) is 82.9 Å². The third kappa shape index (κ3) is 7.11. The van der Waals surface area contributed by atoms with Gasteiger partial charge in [0.25, 0.3) is 5.91 Å². The monoisotopic (exact) mass is 679 g/mol. The second kappa shape index (κ2) is 13.0. The zero-order valence-corrected chi connectivity index (χ0v) is 27.4. The summed E-state index contributed by atoms with van der Waals surface area (Å²) in [4.78, 5) is 20.0. The number of aromatic nitrogens is 3. The minimum Gasteiger partial charge on any atom is -0.485 e. The highest BCUT2D eigenvalue weighted by molar-refractivity contribution is 8.18. The summed E-state index contributed by atoms with van der Waals surface area (Å²) in [6.07, 6.45) is -1.41. The van der Waals surface area contributed by atoms with E-state index in [9.17, 15) is 31.5 Å². The zero-order valence-electron chi connectivity index (χ0n) is 25.8. The number of sulfonamides is 1. The van der Waals surface area contributed by atoms with Crippen LogP contribution in [0.4, 0.5) is 13.2 Å². The first-order chi connectivity index (χ1) is 21.6. The molecule has 10 nitrogen and oxygen atoms in total. The van der Waals surface area contributed by atoms with Gasteiger partial charge in [0.2, 0.25) is 10.0 Å². The number of allylic oxidation sites excluding steroid dienone is 1. The third-order valence-electron chi connectivity index (χ3n) is 7.95. The highest BCUT2D eigenvalue weighted by atomic mass is 32.3. The van der Waals surface area contributed by atoms with Gasteiger partial charge in [-0.15, -0.1) is 11.8 Å². The fourth-order valence-electron chi connectivity index (χ4n) is 5.53. The SMILES string of the molecule is CCCN(CCc1ccccn1)C(=O)c1ccc2c(c1)[C@@H](NS(=O)(=O)C1CC=C(c3cc(C(F)(F)F)n(C)n3)S1)[C@H](O)C(C)(C)O2. The Morgan fingerprint density at radius 3 is 2.63 bits per heavy atom. The number of thioether (sulfide) groups is 1. The van der Waals surface area contributed by atoms with Crippen LogP contribution in [-0.4, -0.2) is 68.5 Å². The number of benzene rings is 1. The first-order valence-corrected chi connectivity index (χ1v) is 17.2. The number of rotatable bonds is 10. The number of ether oxygens (including phenoxy) is 1. The number of nitrogens with one attached hydrogen (secondary N) is 1. The minimum absolute atomic E-state index is 0.0175. The van der Waals surface area contributed by atoms with Crippen LogP contribution in [0.1, 0.15) is 72.7 Å². The number of amides is 1. The van der Waals surface area contributed by atoms with Crippen molar-refractivity contribution in [3.8, 4) is 5.75 Å². The Bertz CT molecular complexity index is 1730. The lowest BCUT2D eigenvalue weighted by Gasteiger charge is -2.42. The summed E-state index contributed by atoms with van der Waals surface area (Å²) in [5.74, 6) is 0.0661. The Kier molecular flexibility index (Phi) is 9.60. The summed E-state index contributed by atoms with van der Waals surface area (Å²) in [7, 11) is -2.99. The molecule has 0 spiro atoms. The molecular weight excluding hydrogens is 643 g/mol. The number of carbonyl (C=O) groups is 1. The number of aryl methyl sites for hydroxylation is 1. The van der Waals surface area contributed by atoms with Gasteiger partial charge in [-0.3, -0.25) is 14.5 Å². The van der Waals surface area contributed by atoms with Gasteiger partial charge in [-0.2, -0.15) is 18.3 Å². The molecule has 3 aromatic rings. The van der Waals surface area contributed by atoms with Crippen LogP contribution in [0.3, 0.4) is 0 Å². The number of aliphatic hydroxyl groups is 1. The molecule has 0 fully saturated rings. The molecule has 1 unspecified atom stereocenters. The maximum atomic E-state index is 13.7. The van der Waals surface area contributed by atoms with E-state index in [0.717, 1.165) is 29.9 Å². The van der Waals surface area contributed by atoms with Crippen LogP contribution in [0.2, 0.25) is 0 Å². The van der Waals surface area contributed by atoms with Crippen LogP contribution in [0.15, 0.2) is 54.7 Å². The lowest BCUT2D eigenvalue weighted by molar-refractivity contribution is -0.143. The topological polar surface area (TPSA) is 127 Å². The van der Waals surface area contributed by atoms with Crippen molar-refractivity contribution in [2.24, 2.45) is 7.05 Å². The normalized spacial score (nSPS) is 21.0. The molecule has 0 radical (unpaired) electrons. The number of pyridine rings is 1. The van der Waals surface area contributed by atoms with Gasteiger partial charge in [0.05, 0.1) is 11.7 Å². The molecule has 2 aliphatic heterocycles. The van der Waals surface area contributed by atoms with Crippen LogP contribution in [-0.2, 0) is 29.7 Å². The van der Waals surface area contributed by atoms with Gasteiger partial charge in [-0.05, 0) is 63.1 Å². The lowest BCUT2D eigenvalue weighted by Crippen LogP contribution is -2.54. The molecule has 0 aliphatic carbocycles. The molecule has 3 atom stereocenters. The van der Waals surface area contributed by atoms with E-state index in [1.807, 2.05) is 25.1 Å². The Morgan fingerprint density at radius 2 is 1.98 bits per heavy atom. The Morgan fingerprint density at radius 1 is 1.22 bits per heavy atom. The van der Waals surface area contributed by atoms with E-state index in [1.165, 1.54) is 7.05 Å². The maximum Gasteiger partial charge on any atom is 0.433 e. The Labute approximate surface area is 270 Å². The fraction of sp³-hybridized carbons (Fsp3) is 0.452. The molecule has 248 valence electrons. The van der Waals surface area contributed by atoms with Gasteiger partial charge in [0, 0.05) is 54.5 Å². The Balaban J connectivity index is 1.37. The van der Waals surface area contributed by atoms with Gasteiger partial charge in [0.15, 0.2) is 0 Å². The van der Waals surface area contributed by atoms with Gasteiger partial charge in [-0.1, -0.05) is 19.1 Å². The van der Waals surface area contributed by atoms with Crippen molar-refractivity contribution in [1.82, 2.24) is 24.4 Å². The average molecular weight is 680 g/mol. The molecule has 4 heterocycles. The van der Waals surface area contributed by atoms with Crippen LogP contribution in [0, 0.1) is 0 Å². The van der Waals surface area contributed by atoms with E-state index < -0.39 is 44.2 Å². The van der Waals surface area contributed by atoms with Crippen molar-refractivity contribution < 1.29 is 36.2 Å². The van der Waals surface area contributed by atoms with Crippen LogP contribution < -0.4 is 9.46 Å². The molecule has 1 amide bonds. The van der Waals surface area contributed by atoms with E-state index in [4.69, 9.17) is 4.74 Å². The van der Waals surface area contributed by atoms with E-state index in [2.05, 4.69) is 14.8 Å². The maximum absolute atomic E-state index is 13.7. The standard InChI is InChI=1S/C31H36F3N5O5S2/c1-5-15-39(16-13-20-8-6-7-14-35-20)29(41)19-9-10-23-21(17-19)27(28(40)30(2,3)44-23)37-46(42,43)26-12-11-24(45-26)22-18-25(31(32,33)34)38(4)36-22/h6-11,14,17-18,26-28,37,40H,5,12-13,15-16H2,1-4H3/t26?,27-,28+/m1/s1. The number of nitrogens with zero attached hydrogens (tertiary/aromatic N) is 4. The molecule has 15 heteroatoms. The molecule has 46 heavy (non-hydrogen) atoms. The molecule has 2 aromatic heterocycles.